The molecule has 0 fully saturated rings. The zero-order valence-electron chi connectivity index (χ0n) is 9.04. The second-order valence-electron chi connectivity index (χ2n) is 3.59. The first-order valence-electron chi connectivity index (χ1n) is 5.61. The van der Waals surface area contributed by atoms with Gasteiger partial charge in [-0.1, -0.05) is 38.0 Å². The number of allylic oxidation sites excluding steroid dienone is 2. The van der Waals surface area contributed by atoms with Gasteiger partial charge in [-0.25, -0.2) is 0 Å². The normalized spacial score (nSPS) is 11.2. The van der Waals surface area contributed by atoms with Gasteiger partial charge in [-0.15, -0.1) is 11.3 Å². The second kappa shape index (κ2) is 7.81. The minimum atomic E-state index is 1.24. The number of hydrogen-bond acceptors (Lipinski definition) is 1. The molecule has 0 bridgehead atoms. The third-order valence-electron chi connectivity index (χ3n) is 2.27. The molecule has 78 valence electrons. The molecule has 0 spiro atoms. The average Bonchev–Trinajstić information content (AvgIpc) is 2.69. The van der Waals surface area contributed by atoms with E-state index in [-0.39, 0.29) is 0 Å². The Morgan fingerprint density at radius 1 is 1.21 bits per heavy atom. The molecule has 0 N–H and O–H groups in total. The number of rotatable bonds is 7. The fourth-order valence-electron chi connectivity index (χ4n) is 1.41. The molecule has 1 rings (SSSR count). The zero-order chi connectivity index (χ0) is 10.1. The highest BCUT2D eigenvalue weighted by Crippen LogP contribution is 2.12. The Bertz CT molecular complexity index is 234. The first kappa shape index (κ1) is 11.5. The van der Waals surface area contributed by atoms with Crippen molar-refractivity contribution >= 4 is 11.3 Å². The Morgan fingerprint density at radius 3 is 2.64 bits per heavy atom. The van der Waals surface area contributed by atoms with Gasteiger partial charge in [0.2, 0.25) is 0 Å². The monoisotopic (exact) mass is 208 g/mol. The van der Waals surface area contributed by atoms with E-state index in [1.165, 1.54) is 43.4 Å². The summed E-state index contributed by atoms with van der Waals surface area (Å²) >= 11 is 1.87. The molecule has 1 heteroatoms. The van der Waals surface area contributed by atoms with E-state index in [2.05, 4.69) is 36.6 Å². The number of unbranched alkanes of at least 4 members (excludes halogenated alkanes) is 3. The average molecular weight is 208 g/mol. The van der Waals surface area contributed by atoms with Gasteiger partial charge in [0.1, 0.15) is 0 Å². The van der Waals surface area contributed by atoms with Crippen LogP contribution >= 0.6 is 11.3 Å². The molecule has 1 aromatic rings. The third kappa shape index (κ3) is 5.23. The molecule has 0 aromatic carbocycles. The summed E-state index contributed by atoms with van der Waals surface area (Å²) in [6.07, 6.45) is 12.3. The largest absolute Gasteiger partial charge is 0.149 e. The van der Waals surface area contributed by atoms with Crippen LogP contribution in [0.25, 0.3) is 0 Å². The SMILES string of the molecule is CCCCC=CCCCc1cccs1. The quantitative estimate of drug-likeness (QED) is 0.445. The van der Waals surface area contributed by atoms with Crippen molar-refractivity contribution in [1.29, 1.82) is 0 Å². The van der Waals surface area contributed by atoms with Crippen LogP contribution in [0.2, 0.25) is 0 Å². The van der Waals surface area contributed by atoms with Gasteiger partial charge in [0.25, 0.3) is 0 Å². The number of thiophene rings is 1. The van der Waals surface area contributed by atoms with Gasteiger partial charge < -0.3 is 0 Å². The van der Waals surface area contributed by atoms with Crippen molar-refractivity contribution in [3.63, 3.8) is 0 Å². The molecule has 0 aliphatic heterocycles. The van der Waals surface area contributed by atoms with Crippen molar-refractivity contribution in [1.82, 2.24) is 0 Å². The highest BCUT2D eigenvalue weighted by molar-refractivity contribution is 7.09. The van der Waals surface area contributed by atoms with E-state index in [0.717, 1.165) is 0 Å². The second-order valence-corrected chi connectivity index (χ2v) is 4.62. The first-order chi connectivity index (χ1) is 6.93. The van der Waals surface area contributed by atoms with E-state index in [9.17, 15) is 0 Å². The van der Waals surface area contributed by atoms with E-state index in [1.807, 2.05) is 11.3 Å². The maximum atomic E-state index is 2.34. The summed E-state index contributed by atoms with van der Waals surface area (Å²) in [5.41, 5.74) is 0. The van der Waals surface area contributed by atoms with Crippen molar-refractivity contribution in [2.75, 3.05) is 0 Å². The van der Waals surface area contributed by atoms with Gasteiger partial charge in [0.05, 0.1) is 0 Å². The fourth-order valence-corrected chi connectivity index (χ4v) is 2.16. The molecule has 0 aliphatic carbocycles. The Hall–Kier alpha value is -0.560. The molecule has 0 unspecified atom stereocenters. The van der Waals surface area contributed by atoms with Gasteiger partial charge in [-0.3, -0.25) is 0 Å². The molecule has 0 nitrogen and oxygen atoms in total. The Labute approximate surface area is 91.7 Å². The van der Waals surface area contributed by atoms with Gasteiger partial charge in [0.15, 0.2) is 0 Å². The Morgan fingerprint density at radius 2 is 2.00 bits per heavy atom. The van der Waals surface area contributed by atoms with Crippen molar-refractivity contribution in [2.24, 2.45) is 0 Å². The summed E-state index contributed by atoms with van der Waals surface area (Å²) in [7, 11) is 0. The summed E-state index contributed by atoms with van der Waals surface area (Å²) in [6, 6.07) is 4.36. The van der Waals surface area contributed by atoms with Gasteiger partial charge in [0, 0.05) is 4.88 Å². The van der Waals surface area contributed by atoms with Gasteiger partial charge >= 0.3 is 0 Å². The molecule has 14 heavy (non-hydrogen) atoms. The number of aryl methyl sites for hydroxylation is 1. The van der Waals surface area contributed by atoms with E-state index >= 15 is 0 Å². The molecular weight excluding hydrogens is 188 g/mol. The van der Waals surface area contributed by atoms with Crippen molar-refractivity contribution < 1.29 is 0 Å². The molecule has 1 heterocycles. The lowest BCUT2D eigenvalue weighted by Crippen LogP contribution is -1.78. The zero-order valence-corrected chi connectivity index (χ0v) is 9.85. The minimum Gasteiger partial charge on any atom is -0.149 e. The van der Waals surface area contributed by atoms with E-state index in [0.29, 0.717) is 0 Å². The predicted molar refractivity (Wildman–Crippen MR) is 65.9 cm³/mol. The highest BCUT2D eigenvalue weighted by atomic mass is 32.1. The predicted octanol–water partition coefficient (Wildman–Crippen LogP) is 4.82. The van der Waals surface area contributed by atoms with Crippen LogP contribution in [-0.2, 0) is 6.42 Å². The van der Waals surface area contributed by atoms with Crippen LogP contribution in [0.15, 0.2) is 29.7 Å². The van der Waals surface area contributed by atoms with Crippen LogP contribution in [0.5, 0.6) is 0 Å². The smallest absolute Gasteiger partial charge is 0.00453 e. The number of hydrogen-bond donors (Lipinski definition) is 0. The minimum absolute atomic E-state index is 1.24. The van der Waals surface area contributed by atoms with Crippen molar-refractivity contribution in [3.05, 3.63) is 34.5 Å². The summed E-state index contributed by atoms with van der Waals surface area (Å²) in [6.45, 7) is 2.24. The molecule has 0 aliphatic rings. The fraction of sp³-hybridized carbons (Fsp3) is 0.538. The first-order valence-corrected chi connectivity index (χ1v) is 6.49. The lowest BCUT2D eigenvalue weighted by molar-refractivity contribution is 0.804. The topological polar surface area (TPSA) is 0 Å². The standard InChI is InChI=1S/C13H20S/c1-2-3-4-5-6-7-8-10-13-11-9-12-14-13/h5-6,9,11-12H,2-4,7-8,10H2,1H3. The molecule has 1 aromatic heterocycles. The van der Waals surface area contributed by atoms with Crippen molar-refractivity contribution in [3.8, 4) is 0 Å². The van der Waals surface area contributed by atoms with Gasteiger partial charge in [-0.05, 0) is 37.1 Å². The lowest BCUT2D eigenvalue weighted by Gasteiger charge is -1.93. The molecule has 0 amide bonds. The van der Waals surface area contributed by atoms with Gasteiger partial charge in [-0.2, -0.15) is 0 Å². The van der Waals surface area contributed by atoms with Crippen molar-refractivity contribution in [2.45, 2.75) is 45.4 Å². The molecule has 0 atom stereocenters. The Balaban J connectivity index is 1.97. The van der Waals surface area contributed by atoms with Crippen LogP contribution < -0.4 is 0 Å². The third-order valence-corrected chi connectivity index (χ3v) is 3.20. The van der Waals surface area contributed by atoms with E-state index in [1.54, 1.807) is 0 Å². The summed E-state index contributed by atoms with van der Waals surface area (Å²) in [5.74, 6) is 0. The molecule has 0 radical (unpaired) electrons. The van der Waals surface area contributed by atoms with E-state index in [4.69, 9.17) is 0 Å². The maximum Gasteiger partial charge on any atom is 0.00453 e. The molecule has 0 saturated carbocycles. The van der Waals surface area contributed by atoms with Crippen LogP contribution in [-0.4, -0.2) is 0 Å². The summed E-state index contributed by atoms with van der Waals surface area (Å²) in [5, 5.41) is 2.16. The molecular formula is C13H20S. The summed E-state index contributed by atoms with van der Waals surface area (Å²) < 4.78 is 0. The van der Waals surface area contributed by atoms with Crippen LogP contribution in [0.4, 0.5) is 0 Å². The summed E-state index contributed by atoms with van der Waals surface area (Å²) in [4.78, 5) is 1.52. The van der Waals surface area contributed by atoms with Crippen LogP contribution in [0, 0.1) is 0 Å². The molecule has 0 saturated heterocycles. The Kier molecular flexibility index (Phi) is 6.42. The lowest BCUT2D eigenvalue weighted by atomic mass is 10.2. The van der Waals surface area contributed by atoms with Crippen LogP contribution in [0.1, 0.15) is 43.9 Å². The van der Waals surface area contributed by atoms with E-state index < -0.39 is 0 Å². The highest BCUT2D eigenvalue weighted by Gasteiger charge is 1.91. The maximum absolute atomic E-state index is 2.34. The van der Waals surface area contributed by atoms with Crippen LogP contribution in [0.3, 0.4) is 0 Å².